The third-order valence-corrected chi connectivity index (χ3v) is 3.65. The van der Waals surface area contributed by atoms with Crippen LogP contribution in [0.2, 0.25) is 0 Å². The molecule has 1 fully saturated rings. The molecule has 2 atom stereocenters. The van der Waals surface area contributed by atoms with Crippen molar-refractivity contribution in [1.29, 1.82) is 0 Å². The van der Waals surface area contributed by atoms with Crippen molar-refractivity contribution in [2.24, 2.45) is 11.8 Å². The molecule has 4 N–H and O–H groups in total. The number of nitrogen functional groups attached to an aromatic ring is 1. The lowest BCUT2D eigenvalue weighted by Gasteiger charge is -2.30. The summed E-state index contributed by atoms with van der Waals surface area (Å²) in [7, 11) is 0. The molecule has 1 aliphatic rings. The number of aromatic nitrogens is 2. The molecule has 1 saturated carbocycles. The van der Waals surface area contributed by atoms with Crippen molar-refractivity contribution in [3.63, 3.8) is 0 Å². The predicted molar refractivity (Wildman–Crippen MR) is 69.6 cm³/mol. The highest BCUT2D eigenvalue weighted by atomic mass is 15.3. The summed E-state index contributed by atoms with van der Waals surface area (Å²) in [4.78, 5) is 8.38. The van der Waals surface area contributed by atoms with E-state index in [-0.39, 0.29) is 0 Å². The van der Waals surface area contributed by atoms with Gasteiger partial charge >= 0.3 is 0 Å². The zero-order valence-electron chi connectivity index (χ0n) is 10.5. The van der Waals surface area contributed by atoms with Gasteiger partial charge in [-0.3, -0.25) is 0 Å². The Bertz CT molecular complexity index is 379. The number of rotatable bonds is 3. The van der Waals surface area contributed by atoms with Crippen LogP contribution < -0.4 is 16.6 Å². The molecule has 5 nitrogen and oxygen atoms in total. The van der Waals surface area contributed by atoms with E-state index in [4.69, 9.17) is 5.84 Å². The maximum atomic E-state index is 5.41. The highest BCUT2D eigenvalue weighted by Gasteiger charge is 2.22. The van der Waals surface area contributed by atoms with Crippen molar-refractivity contribution in [1.82, 2.24) is 9.97 Å². The highest BCUT2D eigenvalue weighted by molar-refractivity contribution is 5.56. The van der Waals surface area contributed by atoms with E-state index in [1.54, 1.807) is 0 Å². The molecule has 1 aromatic rings. The zero-order valence-corrected chi connectivity index (χ0v) is 10.5. The van der Waals surface area contributed by atoms with E-state index in [1.165, 1.54) is 32.0 Å². The number of hydrazine groups is 1. The van der Waals surface area contributed by atoms with Crippen LogP contribution in [0.3, 0.4) is 0 Å². The third kappa shape index (κ3) is 2.66. The molecule has 1 heterocycles. The van der Waals surface area contributed by atoms with E-state index in [0.717, 1.165) is 11.4 Å². The van der Waals surface area contributed by atoms with Gasteiger partial charge in [0.25, 0.3) is 0 Å². The summed E-state index contributed by atoms with van der Waals surface area (Å²) >= 11 is 0. The largest absolute Gasteiger partial charge is 0.367 e. The van der Waals surface area contributed by atoms with Gasteiger partial charge in [-0.15, -0.1) is 0 Å². The Balaban J connectivity index is 2.12. The van der Waals surface area contributed by atoms with Gasteiger partial charge in [-0.1, -0.05) is 19.8 Å². The second-order valence-corrected chi connectivity index (χ2v) is 4.85. The summed E-state index contributed by atoms with van der Waals surface area (Å²) in [5.41, 5.74) is 3.57. The lowest BCUT2D eigenvalue weighted by molar-refractivity contribution is 0.349. The van der Waals surface area contributed by atoms with Crippen LogP contribution in [-0.4, -0.2) is 16.0 Å². The minimum Gasteiger partial charge on any atom is -0.367 e. The van der Waals surface area contributed by atoms with Gasteiger partial charge in [-0.25, -0.2) is 15.8 Å². The zero-order chi connectivity index (χ0) is 12.3. The minimum absolute atomic E-state index is 0.517. The highest BCUT2D eigenvalue weighted by Crippen LogP contribution is 2.27. The number of nitrogens with one attached hydrogen (secondary N) is 2. The molecule has 0 amide bonds. The van der Waals surface area contributed by atoms with Crippen molar-refractivity contribution in [2.45, 2.75) is 45.6 Å². The molecule has 0 aromatic carbocycles. The molecule has 0 aliphatic heterocycles. The number of anilines is 2. The maximum absolute atomic E-state index is 5.41. The van der Waals surface area contributed by atoms with E-state index in [1.807, 2.05) is 6.92 Å². The molecule has 94 valence electrons. The van der Waals surface area contributed by atoms with E-state index in [0.29, 0.717) is 17.8 Å². The molecule has 2 rings (SSSR count). The number of nitrogens with two attached hydrogens (primary N) is 1. The molecule has 1 aromatic heterocycles. The number of hydrogen-bond acceptors (Lipinski definition) is 5. The van der Waals surface area contributed by atoms with Gasteiger partial charge in [0, 0.05) is 11.6 Å². The molecule has 0 saturated heterocycles. The van der Waals surface area contributed by atoms with Crippen LogP contribution in [0.5, 0.6) is 0 Å². The van der Waals surface area contributed by atoms with E-state index in [9.17, 15) is 0 Å². The molecule has 17 heavy (non-hydrogen) atoms. The Morgan fingerprint density at radius 3 is 2.65 bits per heavy atom. The summed E-state index contributed by atoms with van der Waals surface area (Å²) < 4.78 is 0. The first kappa shape index (κ1) is 12.1. The molecular formula is C12H21N5. The van der Waals surface area contributed by atoms with Crippen molar-refractivity contribution in [3.05, 3.63) is 11.9 Å². The summed E-state index contributed by atoms with van der Waals surface area (Å²) in [5, 5.41) is 3.53. The van der Waals surface area contributed by atoms with E-state index >= 15 is 0 Å². The fraction of sp³-hybridized carbons (Fsp3) is 0.667. The first-order valence-electron chi connectivity index (χ1n) is 6.27. The van der Waals surface area contributed by atoms with Crippen LogP contribution in [0.1, 0.15) is 38.2 Å². The molecule has 0 spiro atoms. The van der Waals surface area contributed by atoms with Crippen molar-refractivity contribution in [3.8, 4) is 0 Å². The summed E-state index contributed by atoms with van der Waals surface area (Å²) in [5.74, 6) is 7.69. The monoisotopic (exact) mass is 235 g/mol. The van der Waals surface area contributed by atoms with Gasteiger partial charge in [0.05, 0.1) is 0 Å². The molecule has 2 unspecified atom stereocenters. The summed E-state index contributed by atoms with van der Waals surface area (Å²) in [6.45, 7) is 4.28. The Morgan fingerprint density at radius 2 is 1.94 bits per heavy atom. The van der Waals surface area contributed by atoms with Crippen LogP contribution in [0, 0.1) is 12.8 Å². The second-order valence-electron chi connectivity index (χ2n) is 4.85. The van der Waals surface area contributed by atoms with E-state index in [2.05, 4.69) is 27.6 Å². The lowest BCUT2D eigenvalue weighted by Crippen LogP contribution is -2.31. The summed E-state index contributed by atoms with van der Waals surface area (Å²) in [6.07, 6.45) is 6.70. The van der Waals surface area contributed by atoms with Crippen molar-refractivity contribution < 1.29 is 0 Å². The summed E-state index contributed by atoms with van der Waals surface area (Å²) in [6, 6.07) is 0.517. The molecular weight excluding hydrogens is 214 g/mol. The molecule has 0 bridgehead atoms. The first-order chi connectivity index (χ1) is 8.22. The van der Waals surface area contributed by atoms with Crippen LogP contribution in [0.25, 0.3) is 0 Å². The Labute approximate surface area is 102 Å². The van der Waals surface area contributed by atoms with Gasteiger partial charge in [-0.05, 0) is 25.7 Å². The second kappa shape index (κ2) is 5.31. The van der Waals surface area contributed by atoms with Gasteiger partial charge in [0.2, 0.25) is 0 Å². The number of nitrogens with zero attached hydrogens (tertiary/aromatic N) is 2. The third-order valence-electron chi connectivity index (χ3n) is 3.65. The Hall–Kier alpha value is -1.36. The smallest absolute Gasteiger partial charge is 0.148 e. The fourth-order valence-corrected chi connectivity index (χ4v) is 2.45. The SMILES string of the molecule is Cc1c(NN)ncnc1NC1CCCCC1C. The first-order valence-corrected chi connectivity index (χ1v) is 6.27. The van der Waals surface area contributed by atoms with Gasteiger partial charge < -0.3 is 10.7 Å². The Kier molecular flexibility index (Phi) is 3.78. The van der Waals surface area contributed by atoms with Crippen LogP contribution in [-0.2, 0) is 0 Å². The predicted octanol–water partition coefficient (Wildman–Crippen LogP) is 2.06. The molecule has 0 radical (unpaired) electrons. The van der Waals surface area contributed by atoms with Crippen LogP contribution in [0.4, 0.5) is 11.6 Å². The maximum Gasteiger partial charge on any atom is 0.148 e. The fourth-order valence-electron chi connectivity index (χ4n) is 2.45. The van der Waals surface area contributed by atoms with Crippen molar-refractivity contribution >= 4 is 11.6 Å². The van der Waals surface area contributed by atoms with Gasteiger partial charge in [0.15, 0.2) is 0 Å². The quantitative estimate of drug-likeness (QED) is 0.552. The average Bonchev–Trinajstić information content (AvgIpc) is 2.34. The lowest BCUT2D eigenvalue weighted by atomic mass is 9.86. The van der Waals surface area contributed by atoms with E-state index < -0.39 is 0 Å². The minimum atomic E-state index is 0.517. The normalized spacial score (nSPS) is 24.4. The van der Waals surface area contributed by atoms with Crippen LogP contribution in [0.15, 0.2) is 6.33 Å². The topological polar surface area (TPSA) is 75.9 Å². The average molecular weight is 235 g/mol. The Morgan fingerprint density at radius 1 is 1.24 bits per heavy atom. The standard InChI is InChI=1S/C12H21N5/c1-8-5-3-4-6-10(8)16-11-9(2)12(17-13)15-7-14-11/h7-8,10H,3-6,13H2,1-2H3,(H2,14,15,16,17). The van der Waals surface area contributed by atoms with Crippen LogP contribution >= 0.6 is 0 Å². The van der Waals surface area contributed by atoms with Gasteiger partial charge in [0.1, 0.15) is 18.0 Å². The molecule has 5 heteroatoms. The van der Waals surface area contributed by atoms with Gasteiger partial charge in [-0.2, -0.15) is 0 Å². The number of hydrogen-bond donors (Lipinski definition) is 3. The van der Waals surface area contributed by atoms with Crippen molar-refractivity contribution in [2.75, 3.05) is 10.7 Å². The molecule has 1 aliphatic carbocycles.